The lowest BCUT2D eigenvalue weighted by Crippen LogP contribution is -2.35. The molecule has 9 heteroatoms. The molecular formula is C10H15ClN2O5S. The molecule has 0 aromatic carbocycles. The maximum absolute atomic E-state index is 11.9. The van der Waals surface area contributed by atoms with Gasteiger partial charge in [0.25, 0.3) is 5.56 Å². The average molecular weight is 311 g/mol. The topological polar surface area (TPSA) is 97.5 Å². The summed E-state index contributed by atoms with van der Waals surface area (Å²) in [5.41, 5.74) is -0.547. The van der Waals surface area contributed by atoms with Crippen LogP contribution < -0.4 is 10.3 Å². The van der Waals surface area contributed by atoms with Gasteiger partial charge in [-0.3, -0.25) is 4.79 Å². The van der Waals surface area contributed by atoms with E-state index in [4.69, 9.17) is 21.1 Å². The number of H-pyrrole nitrogens is 1. The molecule has 7 nitrogen and oxygen atoms in total. The summed E-state index contributed by atoms with van der Waals surface area (Å²) in [5.74, 6) is 0. The van der Waals surface area contributed by atoms with Crippen LogP contribution >= 0.6 is 11.6 Å². The number of halogens is 1. The molecule has 1 unspecified atom stereocenters. The predicted octanol–water partition coefficient (Wildman–Crippen LogP) is -0.0320. The van der Waals surface area contributed by atoms with Gasteiger partial charge in [-0.1, -0.05) is 11.6 Å². The van der Waals surface area contributed by atoms with Gasteiger partial charge in [-0.2, -0.15) is 0 Å². The van der Waals surface area contributed by atoms with Crippen LogP contribution in [0.4, 0.5) is 0 Å². The van der Waals surface area contributed by atoms with E-state index in [1.165, 1.54) is 14.2 Å². The van der Waals surface area contributed by atoms with Gasteiger partial charge in [-0.05, 0) is 6.07 Å². The summed E-state index contributed by atoms with van der Waals surface area (Å²) in [7, 11) is -0.822. The zero-order valence-corrected chi connectivity index (χ0v) is 12.0. The van der Waals surface area contributed by atoms with Crippen LogP contribution in [0.15, 0.2) is 22.0 Å². The highest BCUT2D eigenvalue weighted by Gasteiger charge is 2.18. The molecule has 1 aromatic rings. The molecule has 1 heterocycles. The van der Waals surface area contributed by atoms with Crippen molar-refractivity contribution < 1.29 is 17.9 Å². The second-order valence-corrected chi connectivity index (χ2v) is 5.85. The van der Waals surface area contributed by atoms with Gasteiger partial charge in [0.1, 0.15) is 5.02 Å². The van der Waals surface area contributed by atoms with Crippen molar-refractivity contribution in [2.24, 2.45) is 0 Å². The summed E-state index contributed by atoms with van der Waals surface area (Å²) in [4.78, 5) is 13.2. The molecule has 0 aliphatic heterocycles. The van der Waals surface area contributed by atoms with Gasteiger partial charge in [-0.15, -0.1) is 0 Å². The maximum atomic E-state index is 11.9. The number of hydrogen-bond donors (Lipinski definition) is 2. The summed E-state index contributed by atoms with van der Waals surface area (Å²) < 4.78 is 36.1. The van der Waals surface area contributed by atoms with Crippen LogP contribution in [0.5, 0.6) is 0 Å². The fraction of sp³-hybridized carbons (Fsp3) is 0.500. The van der Waals surface area contributed by atoms with Crippen molar-refractivity contribution in [1.82, 2.24) is 9.71 Å². The molecule has 1 atom stereocenters. The first-order chi connectivity index (χ1) is 8.90. The summed E-state index contributed by atoms with van der Waals surface area (Å²) in [5, 5.41) is -0.192. The molecule has 0 amide bonds. The van der Waals surface area contributed by atoms with Crippen LogP contribution in [0.1, 0.15) is 0 Å². The minimum absolute atomic E-state index is 0.0451. The van der Waals surface area contributed by atoms with Crippen molar-refractivity contribution in [2.75, 3.05) is 27.4 Å². The molecule has 2 N–H and O–H groups in total. The average Bonchev–Trinajstić information content (AvgIpc) is 2.37. The Kier molecular flexibility index (Phi) is 5.95. The highest BCUT2D eigenvalue weighted by molar-refractivity contribution is 7.89. The van der Waals surface area contributed by atoms with Gasteiger partial charge in [0.15, 0.2) is 0 Å². The van der Waals surface area contributed by atoms with E-state index in [9.17, 15) is 13.2 Å². The van der Waals surface area contributed by atoms with E-state index in [2.05, 4.69) is 9.71 Å². The molecule has 0 aliphatic carbocycles. The summed E-state index contributed by atoms with van der Waals surface area (Å²) in [6.45, 7) is 0.300. The van der Waals surface area contributed by atoms with Gasteiger partial charge < -0.3 is 14.5 Å². The quantitative estimate of drug-likeness (QED) is 0.737. The standard InChI is InChI=1S/C10H15ClN2O5S/c1-17-6-7(18-2)4-13-19(15,16)8-3-9(11)10(14)12-5-8/h3,5,7,13H,4,6H2,1-2H3,(H,12,14). The number of aromatic nitrogens is 1. The van der Waals surface area contributed by atoms with E-state index in [1.807, 2.05) is 0 Å². The molecule has 0 radical (unpaired) electrons. The van der Waals surface area contributed by atoms with E-state index < -0.39 is 21.7 Å². The van der Waals surface area contributed by atoms with Crippen molar-refractivity contribution in [3.05, 3.63) is 27.6 Å². The zero-order valence-electron chi connectivity index (χ0n) is 10.5. The van der Waals surface area contributed by atoms with Crippen LogP contribution in [0, 0.1) is 0 Å². The van der Waals surface area contributed by atoms with Gasteiger partial charge in [-0.25, -0.2) is 13.1 Å². The highest BCUT2D eigenvalue weighted by Crippen LogP contribution is 2.10. The van der Waals surface area contributed by atoms with Gasteiger partial charge >= 0.3 is 0 Å². The molecule has 108 valence electrons. The van der Waals surface area contributed by atoms with E-state index in [1.54, 1.807) is 0 Å². The number of methoxy groups -OCH3 is 2. The maximum Gasteiger partial charge on any atom is 0.266 e. The van der Waals surface area contributed by atoms with Gasteiger partial charge in [0.05, 0.1) is 17.6 Å². The number of hydrogen-bond acceptors (Lipinski definition) is 5. The van der Waals surface area contributed by atoms with Gasteiger partial charge in [0.2, 0.25) is 10.0 Å². The fourth-order valence-electron chi connectivity index (χ4n) is 1.28. The Morgan fingerprint density at radius 1 is 1.47 bits per heavy atom. The monoisotopic (exact) mass is 310 g/mol. The molecule has 19 heavy (non-hydrogen) atoms. The first-order valence-electron chi connectivity index (χ1n) is 5.30. The third kappa shape index (κ3) is 4.59. The Morgan fingerprint density at radius 3 is 2.68 bits per heavy atom. The number of sulfonamides is 1. The van der Waals surface area contributed by atoms with Crippen molar-refractivity contribution >= 4 is 21.6 Å². The van der Waals surface area contributed by atoms with Crippen LogP contribution in [0.2, 0.25) is 5.02 Å². The Balaban J connectivity index is 2.80. The van der Waals surface area contributed by atoms with Crippen LogP contribution in [0.25, 0.3) is 0 Å². The minimum atomic E-state index is -3.76. The van der Waals surface area contributed by atoms with Crippen molar-refractivity contribution in [1.29, 1.82) is 0 Å². The molecule has 1 aromatic heterocycles. The lowest BCUT2D eigenvalue weighted by atomic mass is 10.4. The minimum Gasteiger partial charge on any atom is -0.382 e. The molecule has 0 saturated heterocycles. The summed E-state index contributed by atoms with van der Waals surface area (Å²) >= 11 is 5.58. The Morgan fingerprint density at radius 2 is 2.16 bits per heavy atom. The van der Waals surface area contributed by atoms with E-state index in [0.717, 1.165) is 12.3 Å². The second-order valence-electron chi connectivity index (χ2n) is 3.68. The van der Waals surface area contributed by atoms with Crippen LogP contribution in [0.3, 0.4) is 0 Å². The molecule has 0 bridgehead atoms. The number of pyridine rings is 1. The number of nitrogens with one attached hydrogen (secondary N) is 2. The van der Waals surface area contributed by atoms with Crippen LogP contribution in [-0.4, -0.2) is 46.9 Å². The normalized spacial score (nSPS) is 13.4. The SMILES string of the molecule is COCC(CNS(=O)(=O)c1c[nH]c(=O)c(Cl)c1)OC. The largest absolute Gasteiger partial charge is 0.382 e. The molecule has 0 fully saturated rings. The smallest absolute Gasteiger partial charge is 0.266 e. The number of ether oxygens (including phenoxy) is 2. The Hall–Kier alpha value is -0.930. The third-order valence-electron chi connectivity index (χ3n) is 2.33. The molecule has 0 aliphatic rings. The molecular weight excluding hydrogens is 296 g/mol. The second kappa shape index (κ2) is 7.01. The van der Waals surface area contributed by atoms with Crippen LogP contribution in [-0.2, 0) is 19.5 Å². The first kappa shape index (κ1) is 16.1. The van der Waals surface area contributed by atoms with Gasteiger partial charge in [0, 0.05) is 27.0 Å². The molecule has 1 rings (SSSR count). The van der Waals surface area contributed by atoms with Crippen molar-refractivity contribution in [3.63, 3.8) is 0 Å². The molecule has 0 spiro atoms. The summed E-state index contributed by atoms with van der Waals surface area (Å²) in [6, 6.07) is 1.08. The van der Waals surface area contributed by atoms with E-state index >= 15 is 0 Å². The Bertz CT molecular complexity index is 572. The lowest BCUT2D eigenvalue weighted by Gasteiger charge is -2.15. The molecule has 0 saturated carbocycles. The Labute approximate surface area is 115 Å². The highest BCUT2D eigenvalue weighted by atomic mass is 35.5. The zero-order chi connectivity index (χ0) is 14.5. The summed E-state index contributed by atoms with van der Waals surface area (Å²) in [6.07, 6.45) is 0.673. The number of rotatable bonds is 7. The van der Waals surface area contributed by atoms with E-state index in [-0.39, 0.29) is 23.1 Å². The number of aromatic amines is 1. The van der Waals surface area contributed by atoms with Crippen molar-refractivity contribution in [2.45, 2.75) is 11.0 Å². The van der Waals surface area contributed by atoms with E-state index in [0.29, 0.717) is 0 Å². The van der Waals surface area contributed by atoms with Crippen molar-refractivity contribution in [3.8, 4) is 0 Å². The first-order valence-corrected chi connectivity index (χ1v) is 7.16. The lowest BCUT2D eigenvalue weighted by molar-refractivity contribution is 0.0320. The fourth-order valence-corrected chi connectivity index (χ4v) is 2.57. The predicted molar refractivity (Wildman–Crippen MR) is 69.9 cm³/mol. The third-order valence-corrected chi connectivity index (χ3v) is 4.01.